The minimum absolute atomic E-state index is 0.223. The zero-order valence-electron chi connectivity index (χ0n) is 18.5. The number of carbonyl (C=O) groups is 4. The molecular weight excluding hydrogens is 440 g/mol. The van der Waals surface area contributed by atoms with Gasteiger partial charge in [-0.1, -0.05) is 25.3 Å². The van der Waals surface area contributed by atoms with Gasteiger partial charge in [0.25, 0.3) is 0 Å². The van der Waals surface area contributed by atoms with Gasteiger partial charge in [-0.25, -0.2) is 9.59 Å². The molecule has 4 unspecified atom stereocenters. The molecule has 2 heterocycles. The van der Waals surface area contributed by atoms with E-state index in [1.165, 1.54) is 26.0 Å². The Hall–Kier alpha value is -4.20. The van der Waals surface area contributed by atoms with E-state index < -0.39 is 35.7 Å². The maximum absolute atomic E-state index is 12.8. The summed E-state index contributed by atoms with van der Waals surface area (Å²) < 4.78 is 21.5. The quantitative estimate of drug-likeness (QED) is 0.387. The van der Waals surface area contributed by atoms with Crippen LogP contribution in [0, 0.1) is 11.8 Å². The fraction of sp³-hybridized carbons (Fsp3) is 0.231. The number of fused-ring (bicyclic) bond motifs is 8. The first-order chi connectivity index (χ1) is 16.2. The van der Waals surface area contributed by atoms with Crippen molar-refractivity contribution in [3.8, 4) is 23.0 Å². The predicted octanol–water partition coefficient (Wildman–Crippen LogP) is 3.60. The van der Waals surface area contributed by atoms with E-state index in [9.17, 15) is 19.2 Å². The second-order valence-corrected chi connectivity index (χ2v) is 8.68. The van der Waals surface area contributed by atoms with Crippen LogP contribution in [0.25, 0.3) is 0 Å². The summed E-state index contributed by atoms with van der Waals surface area (Å²) in [6.45, 7) is 10.2. The van der Waals surface area contributed by atoms with Gasteiger partial charge in [-0.2, -0.15) is 0 Å². The minimum atomic E-state index is -0.678. The van der Waals surface area contributed by atoms with Crippen LogP contribution >= 0.6 is 0 Å². The molecule has 34 heavy (non-hydrogen) atoms. The lowest BCUT2D eigenvalue weighted by atomic mass is 9.51. The summed E-state index contributed by atoms with van der Waals surface area (Å²) in [6, 6.07) is 9.68. The van der Waals surface area contributed by atoms with Crippen molar-refractivity contribution in [1.82, 2.24) is 0 Å². The van der Waals surface area contributed by atoms with E-state index in [0.717, 1.165) is 11.1 Å². The highest BCUT2D eigenvalue weighted by Gasteiger charge is 2.64. The van der Waals surface area contributed by atoms with Crippen molar-refractivity contribution in [2.45, 2.75) is 25.7 Å². The number of benzene rings is 2. The Kier molecular flexibility index (Phi) is 4.89. The van der Waals surface area contributed by atoms with Gasteiger partial charge in [0.2, 0.25) is 0 Å². The van der Waals surface area contributed by atoms with Gasteiger partial charge in [-0.15, -0.1) is 0 Å². The molecule has 1 saturated carbocycles. The number of carbonyl (C=O) groups excluding carboxylic acids is 4. The van der Waals surface area contributed by atoms with Crippen LogP contribution in [0.5, 0.6) is 23.0 Å². The van der Waals surface area contributed by atoms with E-state index in [4.69, 9.17) is 18.9 Å². The summed E-state index contributed by atoms with van der Waals surface area (Å²) in [5, 5.41) is 0. The first-order valence-electron chi connectivity index (χ1n) is 10.6. The van der Waals surface area contributed by atoms with Gasteiger partial charge >= 0.3 is 23.9 Å². The van der Waals surface area contributed by atoms with Gasteiger partial charge in [0.05, 0.1) is 11.8 Å². The third-order valence-corrected chi connectivity index (χ3v) is 6.32. The van der Waals surface area contributed by atoms with Gasteiger partial charge in [-0.05, 0) is 37.1 Å². The number of hydrogen-bond donors (Lipinski definition) is 0. The Morgan fingerprint density at radius 3 is 1.44 bits per heavy atom. The highest BCUT2D eigenvalue weighted by atomic mass is 16.6. The average molecular weight is 460 g/mol. The molecule has 4 atom stereocenters. The molecule has 0 radical (unpaired) electrons. The Morgan fingerprint density at radius 2 is 1.09 bits per heavy atom. The Bertz CT molecular complexity index is 1220. The lowest BCUT2D eigenvalue weighted by molar-refractivity contribution is -0.165. The van der Waals surface area contributed by atoms with Crippen LogP contribution < -0.4 is 18.9 Å². The topological polar surface area (TPSA) is 105 Å². The van der Waals surface area contributed by atoms with E-state index in [0.29, 0.717) is 0 Å². The van der Waals surface area contributed by atoms with E-state index >= 15 is 0 Å². The number of ether oxygens (including phenoxy) is 4. The summed E-state index contributed by atoms with van der Waals surface area (Å²) in [4.78, 5) is 49.3. The molecule has 2 aromatic rings. The van der Waals surface area contributed by atoms with Crippen LogP contribution in [-0.2, 0) is 19.2 Å². The lowest BCUT2D eigenvalue weighted by Gasteiger charge is -2.53. The van der Waals surface area contributed by atoms with E-state index in [2.05, 4.69) is 13.2 Å². The number of hydrogen-bond acceptors (Lipinski definition) is 8. The van der Waals surface area contributed by atoms with Gasteiger partial charge in [-0.3, -0.25) is 9.59 Å². The highest BCUT2D eigenvalue weighted by Crippen LogP contribution is 2.65. The molecule has 5 rings (SSSR count). The molecule has 3 aliphatic rings. The fourth-order valence-corrected chi connectivity index (χ4v) is 4.73. The van der Waals surface area contributed by atoms with Crippen LogP contribution in [0.1, 0.15) is 36.8 Å². The van der Waals surface area contributed by atoms with E-state index in [1.54, 1.807) is 24.3 Å². The Balaban J connectivity index is 1.49. The number of esters is 4. The van der Waals surface area contributed by atoms with Crippen molar-refractivity contribution in [1.29, 1.82) is 0 Å². The van der Waals surface area contributed by atoms with Gasteiger partial charge in [0.1, 0.15) is 23.0 Å². The molecule has 8 nitrogen and oxygen atoms in total. The highest BCUT2D eigenvalue weighted by molar-refractivity contribution is 5.93. The summed E-state index contributed by atoms with van der Waals surface area (Å²) in [6.07, 6.45) is 0. The first-order valence-corrected chi connectivity index (χ1v) is 10.6. The van der Waals surface area contributed by atoms with Crippen molar-refractivity contribution >= 4 is 23.9 Å². The molecule has 0 amide bonds. The Morgan fingerprint density at radius 1 is 0.706 bits per heavy atom. The summed E-state index contributed by atoms with van der Waals surface area (Å²) in [5.41, 5.74) is 1.95. The van der Waals surface area contributed by atoms with Crippen molar-refractivity contribution in [3.05, 3.63) is 71.8 Å². The molecule has 2 aromatic carbocycles. The average Bonchev–Trinajstić information content (AvgIpc) is 2.74. The molecule has 0 spiro atoms. The summed E-state index contributed by atoms with van der Waals surface area (Å²) >= 11 is 0. The molecule has 0 N–H and O–H groups in total. The third kappa shape index (κ3) is 3.30. The van der Waals surface area contributed by atoms with Crippen molar-refractivity contribution in [3.63, 3.8) is 0 Å². The molecule has 172 valence electrons. The summed E-state index contributed by atoms with van der Waals surface area (Å²) in [7, 11) is 0. The van der Waals surface area contributed by atoms with Gasteiger partial charge in [0, 0.05) is 35.1 Å². The lowest BCUT2D eigenvalue weighted by Crippen LogP contribution is -2.57. The first kappa shape index (κ1) is 21.6. The van der Waals surface area contributed by atoms with Crippen LogP contribution in [0.4, 0.5) is 0 Å². The predicted molar refractivity (Wildman–Crippen MR) is 118 cm³/mol. The molecule has 0 saturated heterocycles. The zero-order valence-corrected chi connectivity index (χ0v) is 18.5. The SMILES string of the molecule is C=C(C)C(=O)Oc1ccc2c(c1)OC(=O)C1C3C(=O)Oc4cc(OC(=O)C(=C)C)ccc4C3C21. The van der Waals surface area contributed by atoms with Crippen LogP contribution in [0.15, 0.2) is 60.7 Å². The Labute approximate surface area is 194 Å². The molecule has 2 aliphatic heterocycles. The molecule has 1 fully saturated rings. The van der Waals surface area contributed by atoms with Crippen molar-refractivity contribution in [2.75, 3.05) is 0 Å². The molecule has 8 heteroatoms. The van der Waals surface area contributed by atoms with Gasteiger partial charge in [0.15, 0.2) is 0 Å². The molecule has 0 aromatic heterocycles. The van der Waals surface area contributed by atoms with Crippen molar-refractivity contribution in [2.24, 2.45) is 11.8 Å². The fourth-order valence-electron chi connectivity index (χ4n) is 4.73. The maximum Gasteiger partial charge on any atom is 0.338 e. The van der Waals surface area contributed by atoms with E-state index in [1.807, 2.05) is 0 Å². The third-order valence-electron chi connectivity index (χ3n) is 6.32. The normalized spacial score (nSPS) is 23.5. The van der Waals surface area contributed by atoms with Crippen molar-refractivity contribution < 1.29 is 38.1 Å². The largest absolute Gasteiger partial charge is 0.426 e. The molecule has 1 aliphatic carbocycles. The smallest absolute Gasteiger partial charge is 0.338 e. The second-order valence-electron chi connectivity index (χ2n) is 8.68. The van der Waals surface area contributed by atoms with Gasteiger partial charge < -0.3 is 18.9 Å². The van der Waals surface area contributed by atoms with E-state index in [-0.39, 0.29) is 46.0 Å². The van der Waals surface area contributed by atoms with Crippen LogP contribution in [-0.4, -0.2) is 23.9 Å². The van der Waals surface area contributed by atoms with Crippen LogP contribution in [0.2, 0.25) is 0 Å². The minimum Gasteiger partial charge on any atom is -0.426 e. The molecule has 0 bridgehead atoms. The standard InChI is InChI=1S/C26H20O8/c1-11(2)23(27)31-13-5-7-15-17(9-13)33-25(29)21-19(15)20-16-8-6-14(32-24(28)12(3)4)10-18(16)34-26(30)22(20)21/h5-10,19-22H,1,3H2,2,4H3. The monoisotopic (exact) mass is 460 g/mol. The number of rotatable bonds is 4. The summed E-state index contributed by atoms with van der Waals surface area (Å²) in [5.74, 6) is -3.22. The van der Waals surface area contributed by atoms with Crippen LogP contribution in [0.3, 0.4) is 0 Å². The molecular formula is C26H20O8. The maximum atomic E-state index is 12.8. The second kappa shape index (κ2) is 7.69. The zero-order chi connectivity index (χ0) is 24.3.